The van der Waals surface area contributed by atoms with Crippen LogP contribution in [0.1, 0.15) is 30.1 Å². The van der Waals surface area contributed by atoms with Crippen LogP contribution in [0.25, 0.3) is 10.9 Å². The summed E-state index contributed by atoms with van der Waals surface area (Å²) in [5, 5.41) is 7.01. The lowest BCUT2D eigenvalue weighted by Crippen LogP contribution is -2.30. The van der Waals surface area contributed by atoms with Crippen molar-refractivity contribution in [3.63, 3.8) is 0 Å². The number of anilines is 1. The molecule has 0 bridgehead atoms. The molecule has 2 heterocycles. The molecule has 1 saturated carbocycles. The first-order valence-electron chi connectivity index (χ1n) is 9.76. The number of hydrogen-bond donors (Lipinski definition) is 1. The molecule has 0 atom stereocenters. The van der Waals surface area contributed by atoms with Crippen molar-refractivity contribution in [2.75, 3.05) is 17.2 Å². The van der Waals surface area contributed by atoms with Gasteiger partial charge in [-0.2, -0.15) is 0 Å². The minimum Gasteiger partial charge on any atom is -0.311 e. The van der Waals surface area contributed by atoms with E-state index in [1.165, 1.54) is 17.8 Å². The average molecular weight is 441 g/mol. The number of carbonyl (C=O) groups excluding carboxylic acids is 1. The number of sulfonamides is 1. The quantitative estimate of drug-likeness (QED) is 0.483. The lowest BCUT2D eigenvalue weighted by molar-refractivity contribution is -0.116. The van der Waals surface area contributed by atoms with Crippen LogP contribution in [0.5, 0.6) is 0 Å². The summed E-state index contributed by atoms with van der Waals surface area (Å²) in [5.74, 6) is 1.52. The van der Waals surface area contributed by atoms with Gasteiger partial charge in [0.05, 0.1) is 16.2 Å². The average Bonchev–Trinajstić information content (AvgIpc) is 3.49. The van der Waals surface area contributed by atoms with E-state index >= 15 is 0 Å². The van der Waals surface area contributed by atoms with Gasteiger partial charge in [0.2, 0.25) is 15.9 Å². The zero-order valence-electron chi connectivity index (χ0n) is 16.1. The molecular weight excluding hydrogens is 420 g/mol. The molecule has 9 heteroatoms. The Morgan fingerprint density at radius 2 is 1.97 bits per heavy atom. The number of amides is 1. The molecule has 0 radical (unpaired) electrons. The largest absolute Gasteiger partial charge is 0.311 e. The third-order valence-electron chi connectivity index (χ3n) is 5.44. The highest BCUT2D eigenvalue weighted by molar-refractivity contribution is 8.00. The second-order valence-electron chi connectivity index (χ2n) is 7.60. The zero-order valence-corrected chi connectivity index (χ0v) is 17.7. The zero-order chi connectivity index (χ0) is 20.9. The van der Waals surface area contributed by atoms with Crippen LogP contribution in [-0.2, 0) is 21.2 Å². The van der Waals surface area contributed by atoms with Crippen LogP contribution in [0.4, 0.5) is 5.69 Å². The number of carbonyl (C=O) groups is 1. The molecule has 1 aromatic heterocycles. The molecule has 1 fully saturated rings. The van der Waals surface area contributed by atoms with Crippen LogP contribution in [0.3, 0.4) is 0 Å². The summed E-state index contributed by atoms with van der Waals surface area (Å²) < 4.78 is 23.2. The number of para-hydroxylation sites is 1. The number of hydrogen-bond acceptors (Lipinski definition) is 6. The highest BCUT2D eigenvalue weighted by Gasteiger charge is 2.29. The van der Waals surface area contributed by atoms with E-state index in [4.69, 9.17) is 10.1 Å². The third kappa shape index (κ3) is 3.68. The summed E-state index contributed by atoms with van der Waals surface area (Å²) in [6.07, 6.45) is 2.84. The molecule has 2 N–H and O–H groups in total. The Hall–Kier alpha value is -2.49. The van der Waals surface area contributed by atoms with Gasteiger partial charge in [-0.15, -0.1) is 0 Å². The summed E-state index contributed by atoms with van der Waals surface area (Å²) in [4.78, 5) is 24.2. The molecule has 2 aliphatic rings. The first-order chi connectivity index (χ1) is 14.4. The Balaban J connectivity index is 1.37. The highest BCUT2D eigenvalue weighted by atomic mass is 32.2. The van der Waals surface area contributed by atoms with Crippen molar-refractivity contribution in [3.05, 3.63) is 53.9 Å². The summed E-state index contributed by atoms with van der Waals surface area (Å²) >= 11 is 1.43. The third-order valence-corrected chi connectivity index (χ3v) is 7.32. The lowest BCUT2D eigenvalue weighted by Gasteiger charge is -2.17. The van der Waals surface area contributed by atoms with E-state index in [0.717, 1.165) is 45.8 Å². The van der Waals surface area contributed by atoms with E-state index in [1.807, 2.05) is 24.3 Å². The summed E-state index contributed by atoms with van der Waals surface area (Å²) in [5.41, 5.74) is 2.48. The van der Waals surface area contributed by atoms with E-state index in [1.54, 1.807) is 17.0 Å². The van der Waals surface area contributed by atoms with E-state index in [0.29, 0.717) is 18.9 Å². The van der Waals surface area contributed by atoms with Gasteiger partial charge < -0.3 is 4.90 Å². The second-order valence-corrected chi connectivity index (χ2v) is 10.1. The van der Waals surface area contributed by atoms with Gasteiger partial charge in [-0.1, -0.05) is 30.0 Å². The number of aromatic nitrogens is 2. The topological polar surface area (TPSA) is 106 Å². The minimum absolute atomic E-state index is 0.0298. The van der Waals surface area contributed by atoms with Crippen molar-refractivity contribution < 1.29 is 13.2 Å². The molecule has 0 unspecified atom stereocenters. The fourth-order valence-corrected chi connectivity index (χ4v) is 5.19. The minimum atomic E-state index is -3.76. The van der Waals surface area contributed by atoms with Gasteiger partial charge in [-0.25, -0.2) is 23.5 Å². The molecule has 5 rings (SSSR count). The fraction of sp³-hybridized carbons (Fsp3) is 0.286. The summed E-state index contributed by atoms with van der Waals surface area (Å²) in [6.45, 7) is 0.528. The molecule has 3 aromatic rings. The standard InChI is InChI=1S/C21H20N4O3S2/c22-30(27,28)15-7-8-18-14(11-15)9-10-25(18)19(26)12-29-21-16-3-1-2-4-17(16)23-20(24-21)13-5-6-13/h1-4,7-8,11,13H,5-6,9-10,12H2,(H2,22,27,28). The monoisotopic (exact) mass is 440 g/mol. The molecule has 30 heavy (non-hydrogen) atoms. The number of thioether (sulfide) groups is 1. The number of nitrogens with two attached hydrogens (primary N) is 1. The normalized spacial score (nSPS) is 16.1. The Morgan fingerprint density at radius 3 is 2.73 bits per heavy atom. The van der Waals surface area contributed by atoms with Crippen LogP contribution < -0.4 is 10.0 Å². The van der Waals surface area contributed by atoms with Gasteiger partial charge in [-0.3, -0.25) is 4.79 Å². The van der Waals surface area contributed by atoms with Crippen LogP contribution in [0.15, 0.2) is 52.4 Å². The number of benzene rings is 2. The van der Waals surface area contributed by atoms with E-state index < -0.39 is 10.0 Å². The molecule has 1 aliphatic carbocycles. The maximum Gasteiger partial charge on any atom is 0.238 e. The van der Waals surface area contributed by atoms with Crippen molar-refractivity contribution in [2.24, 2.45) is 5.14 Å². The predicted octanol–water partition coefficient (Wildman–Crippen LogP) is 2.84. The molecule has 1 aliphatic heterocycles. The molecular formula is C21H20N4O3S2. The number of primary sulfonamides is 1. The smallest absolute Gasteiger partial charge is 0.238 e. The van der Waals surface area contributed by atoms with E-state index in [2.05, 4.69) is 4.98 Å². The van der Waals surface area contributed by atoms with E-state index in [-0.39, 0.29) is 16.6 Å². The maximum atomic E-state index is 12.9. The number of nitrogens with zero attached hydrogens (tertiary/aromatic N) is 3. The highest BCUT2D eigenvalue weighted by Crippen LogP contribution is 2.40. The van der Waals surface area contributed by atoms with E-state index in [9.17, 15) is 13.2 Å². The number of fused-ring (bicyclic) bond motifs is 2. The Labute approximate surface area is 178 Å². The lowest BCUT2D eigenvalue weighted by atomic mass is 10.2. The Kier molecular flexibility index (Phi) is 4.76. The van der Waals surface area contributed by atoms with Gasteiger partial charge in [-0.05, 0) is 49.1 Å². The second kappa shape index (κ2) is 7.33. The fourth-order valence-electron chi connectivity index (χ4n) is 3.72. The molecule has 7 nitrogen and oxygen atoms in total. The van der Waals surface area contributed by atoms with Gasteiger partial charge in [0.1, 0.15) is 10.9 Å². The van der Waals surface area contributed by atoms with Crippen LogP contribution in [0, 0.1) is 0 Å². The summed E-state index contributed by atoms with van der Waals surface area (Å²) in [7, 11) is -3.76. The Morgan fingerprint density at radius 1 is 1.17 bits per heavy atom. The molecule has 1 amide bonds. The first-order valence-corrected chi connectivity index (χ1v) is 12.3. The van der Waals surface area contributed by atoms with Gasteiger partial charge in [0.15, 0.2) is 0 Å². The molecule has 0 saturated heterocycles. The van der Waals surface area contributed by atoms with Gasteiger partial charge in [0.25, 0.3) is 0 Å². The van der Waals surface area contributed by atoms with Crippen molar-refractivity contribution in [2.45, 2.75) is 35.1 Å². The van der Waals surface area contributed by atoms with Gasteiger partial charge >= 0.3 is 0 Å². The van der Waals surface area contributed by atoms with Gasteiger partial charge in [0, 0.05) is 23.5 Å². The predicted molar refractivity (Wildman–Crippen MR) is 116 cm³/mol. The SMILES string of the molecule is NS(=O)(=O)c1ccc2c(c1)CCN2C(=O)CSc1nc(C2CC2)nc2ccccc12. The molecule has 0 spiro atoms. The molecule has 154 valence electrons. The van der Waals surface area contributed by atoms with Crippen molar-refractivity contribution >= 4 is 44.3 Å². The van der Waals surface area contributed by atoms with Crippen LogP contribution in [-0.4, -0.2) is 36.6 Å². The van der Waals surface area contributed by atoms with Crippen molar-refractivity contribution in [3.8, 4) is 0 Å². The van der Waals surface area contributed by atoms with Crippen molar-refractivity contribution in [1.29, 1.82) is 0 Å². The first kappa shape index (κ1) is 19.5. The van der Waals surface area contributed by atoms with Crippen molar-refractivity contribution in [1.82, 2.24) is 9.97 Å². The number of rotatable bonds is 5. The maximum absolute atomic E-state index is 12.9. The molecule has 2 aromatic carbocycles. The Bertz CT molecular complexity index is 1270. The van der Waals surface area contributed by atoms with Crippen LogP contribution >= 0.6 is 11.8 Å². The summed E-state index contributed by atoms with van der Waals surface area (Å²) in [6, 6.07) is 12.6. The van der Waals surface area contributed by atoms with Crippen LogP contribution in [0.2, 0.25) is 0 Å².